The molecule has 2 aromatic carbocycles. The van der Waals surface area contributed by atoms with Crippen LogP contribution in [0.15, 0.2) is 72.9 Å². The highest BCUT2D eigenvalue weighted by Crippen LogP contribution is 2.41. The molecule has 1 amide bonds. The van der Waals surface area contributed by atoms with Crippen LogP contribution in [0.5, 0.6) is 0 Å². The first-order valence-corrected chi connectivity index (χ1v) is 16.2. The summed E-state index contributed by atoms with van der Waals surface area (Å²) in [6.45, 7) is 5.04. The van der Waals surface area contributed by atoms with Gasteiger partial charge in [-0.25, -0.2) is 9.48 Å². The standard InChI is InChI=1S/C36H48N4O5/c1-39(20-10-22-45-35(37)41)23-32-24-40(33-15-8-9-21-44-33)38-34(32)31-16-18-36(19-17-31,27-42-25-29-11-4-2-5-12-29)28-43-26-30-13-6-3-7-14-30/h2-7,11-14,16,24,33H,8-10,15,17-23,25-28H2,1H3,(H2,37,41). The Morgan fingerprint density at radius 2 is 1.73 bits per heavy atom. The number of carbonyl (C=O) groups excluding carboxylic acids is 1. The van der Waals surface area contributed by atoms with Crippen LogP contribution in [0, 0.1) is 5.41 Å². The number of allylic oxidation sites excluding steroid dienone is 2. The summed E-state index contributed by atoms with van der Waals surface area (Å²) < 4.78 is 25.7. The van der Waals surface area contributed by atoms with Crippen molar-refractivity contribution in [3.05, 3.63) is 95.3 Å². The second-order valence-corrected chi connectivity index (χ2v) is 12.5. The van der Waals surface area contributed by atoms with E-state index in [0.717, 1.165) is 63.9 Å². The van der Waals surface area contributed by atoms with Crippen LogP contribution in [0.1, 0.15) is 73.6 Å². The number of benzene rings is 2. The third-order valence-corrected chi connectivity index (χ3v) is 8.68. The van der Waals surface area contributed by atoms with Crippen LogP contribution in [0.25, 0.3) is 5.57 Å². The summed E-state index contributed by atoms with van der Waals surface area (Å²) >= 11 is 0. The molecule has 0 spiro atoms. The molecule has 242 valence electrons. The van der Waals surface area contributed by atoms with Gasteiger partial charge in [0, 0.05) is 36.9 Å². The summed E-state index contributed by atoms with van der Waals surface area (Å²) in [5.41, 5.74) is 10.9. The first-order chi connectivity index (χ1) is 22.0. The van der Waals surface area contributed by atoms with Gasteiger partial charge in [-0.1, -0.05) is 66.7 Å². The Labute approximate surface area is 267 Å². The Morgan fingerprint density at radius 1 is 1.04 bits per heavy atom. The van der Waals surface area contributed by atoms with E-state index in [2.05, 4.69) is 72.8 Å². The minimum Gasteiger partial charge on any atom is -0.450 e. The van der Waals surface area contributed by atoms with Crippen molar-refractivity contribution in [3.63, 3.8) is 0 Å². The lowest BCUT2D eigenvalue weighted by Crippen LogP contribution is -2.34. The Hall–Kier alpha value is -3.50. The van der Waals surface area contributed by atoms with Gasteiger partial charge in [0.05, 0.1) is 38.7 Å². The smallest absolute Gasteiger partial charge is 0.404 e. The van der Waals surface area contributed by atoms with Crippen molar-refractivity contribution in [1.29, 1.82) is 0 Å². The van der Waals surface area contributed by atoms with E-state index in [0.29, 0.717) is 39.5 Å². The maximum Gasteiger partial charge on any atom is 0.404 e. The summed E-state index contributed by atoms with van der Waals surface area (Å²) in [5.74, 6) is 0. The van der Waals surface area contributed by atoms with Crippen LogP contribution in [0.4, 0.5) is 4.79 Å². The molecule has 9 heteroatoms. The number of ether oxygens (including phenoxy) is 4. The largest absolute Gasteiger partial charge is 0.450 e. The van der Waals surface area contributed by atoms with E-state index >= 15 is 0 Å². The van der Waals surface area contributed by atoms with Gasteiger partial charge < -0.3 is 29.6 Å². The molecule has 1 aliphatic carbocycles. The first kappa shape index (κ1) is 32.9. The summed E-state index contributed by atoms with van der Waals surface area (Å²) in [7, 11) is 2.08. The molecule has 5 rings (SSSR count). The fraction of sp³-hybridized carbons (Fsp3) is 0.500. The van der Waals surface area contributed by atoms with Crippen LogP contribution in [0.2, 0.25) is 0 Å². The molecule has 0 saturated carbocycles. The molecule has 1 fully saturated rings. The summed E-state index contributed by atoms with van der Waals surface area (Å²) in [4.78, 5) is 13.2. The number of amides is 1. The molecule has 1 atom stereocenters. The topological polar surface area (TPSA) is 101 Å². The molecule has 0 bridgehead atoms. The van der Waals surface area contributed by atoms with E-state index in [9.17, 15) is 4.79 Å². The molecule has 1 aliphatic heterocycles. The van der Waals surface area contributed by atoms with E-state index in [1.54, 1.807) is 0 Å². The van der Waals surface area contributed by atoms with Gasteiger partial charge in [0.2, 0.25) is 0 Å². The van der Waals surface area contributed by atoms with E-state index in [1.165, 1.54) is 22.3 Å². The van der Waals surface area contributed by atoms with Crippen molar-refractivity contribution in [2.45, 2.75) is 70.9 Å². The highest BCUT2D eigenvalue weighted by atomic mass is 16.5. The van der Waals surface area contributed by atoms with Crippen molar-refractivity contribution in [3.8, 4) is 0 Å². The molecule has 1 aromatic heterocycles. The van der Waals surface area contributed by atoms with Gasteiger partial charge in [0.1, 0.15) is 6.23 Å². The third-order valence-electron chi connectivity index (χ3n) is 8.68. The summed E-state index contributed by atoms with van der Waals surface area (Å²) in [6.07, 6.45) is 10.4. The zero-order valence-electron chi connectivity index (χ0n) is 26.6. The third kappa shape index (κ3) is 9.99. The average molecular weight is 617 g/mol. The molecule has 2 aliphatic rings. The minimum absolute atomic E-state index is 0.0263. The molecule has 1 saturated heterocycles. The van der Waals surface area contributed by atoms with Gasteiger partial charge in [-0.3, -0.25) is 0 Å². The summed E-state index contributed by atoms with van der Waals surface area (Å²) in [5, 5.41) is 5.13. The number of hydrogen-bond acceptors (Lipinski definition) is 7. The fourth-order valence-corrected chi connectivity index (χ4v) is 6.15. The average Bonchev–Trinajstić information content (AvgIpc) is 3.48. The predicted molar refractivity (Wildman–Crippen MR) is 174 cm³/mol. The number of nitrogens with zero attached hydrogens (tertiary/aromatic N) is 3. The molecule has 2 N–H and O–H groups in total. The second-order valence-electron chi connectivity index (χ2n) is 12.5. The molecular weight excluding hydrogens is 568 g/mol. The number of rotatable bonds is 16. The van der Waals surface area contributed by atoms with Crippen LogP contribution in [-0.4, -0.2) is 60.8 Å². The molecule has 3 aromatic rings. The van der Waals surface area contributed by atoms with Gasteiger partial charge in [-0.05, 0) is 68.7 Å². The van der Waals surface area contributed by atoms with E-state index in [-0.39, 0.29) is 11.6 Å². The van der Waals surface area contributed by atoms with Crippen molar-refractivity contribution in [2.75, 3.05) is 40.0 Å². The van der Waals surface area contributed by atoms with Crippen LogP contribution >= 0.6 is 0 Å². The maximum atomic E-state index is 10.9. The minimum atomic E-state index is -0.732. The zero-order chi connectivity index (χ0) is 31.3. The lowest BCUT2D eigenvalue weighted by Gasteiger charge is -2.36. The molecule has 0 radical (unpaired) electrons. The number of hydrogen-bond donors (Lipinski definition) is 1. The van der Waals surface area contributed by atoms with E-state index < -0.39 is 6.09 Å². The Morgan fingerprint density at radius 3 is 2.31 bits per heavy atom. The fourth-order valence-electron chi connectivity index (χ4n) is 6.15. The van der Waals surface area contributed by atoms with Gasteiger partial charge in [-0.15, -0.1) is 0 Å². The number of carbonyl (C=O) groups is 1. The van der Waals surface area contributed by atoms with Crippen molar-refractivity contribution in [1.82, 2.24) is 14.7 Å². The number of nitrogens with two attached hydrogens (primary N) is 1. The van der Waals surface area contributed by atoms with E-state index in [4.69, 9.17) is 29.8 Å². The monoisotopic (exact) mass is 616 g/mol. The lowest BCUT2D eigenvalue weighted by molar-refractivity contribution is -0.0397. The van der Waals surface area contributed by atoms with Crippen molar-refractivity contribution in [2.24, 2.45) is 11.1 Å². The molecular formula is C36H48N4O5. The van der Waals surface area contributed by atoms with Crippen LogP contribution in [0.3, 0.4) is 0 Å². The number of primary amides is 1. The van der Waals surface area contributed by atoms with Gasteiger partial charge in [0.15, 0.2) is 0 Å². The highest BCUT2D eigenvalue weighted by Gasteiger charge is 2.34. The molecule has 1 unspecified atom stereocenters. The normalized spacial score (nSPS) is 18.1. The SMILES string of the molecule is CN(CCCOC(N)=O)Cc1cn(C2CCCCO2)nc1C1=CCC(COCc2ccccc2)(COCc2ccccc2)CC1. The Kier molecular flexibility index (Phi) is 12.2. The van der Waals surface area contributed by atoms with E-state index in [1.807, 2.05) is 16.8 Å². The quantitative estimate of drug-likeness (QED) is 0.184. The summed E-state index contributed by atoms with van der Waals surface area (Å²) in [6, 6.07) is 20.7. The maximum absolute atomic E-state index is 10.9. The van der Waals surface area contributed by atoms with Crippen LogP contribution < -0.4 is 5.73 Å². The second kappa shape index (κ2) is 16.7. The Bertz CT molecular complexity index is 1310. The zero-order valence-corrected chi connectivity index (χ0v) is 26.6. The van der Waals surface area contributed by atoms with Crippen molar-refractivity contribution >= 4 is 11.7 Å². The van der Waals surface area contributed by atoms with Gasteiger partial charge in [0.25, 0.3) is 0 Å². The number of aromatic nitrogens is 2. The molecule has 2 heterocycles. The lowest BCUT2D eigenvalue weighted by atomic mass is 9.75. The Balaban J connectivity index is 1.29. The van der Waals surface area contributed by atoms with Crippen molar-refractivity contribution < 1.29 is 23.7 Å². The predicted octanol–water partition coefficient (Wildman–Crippen LogP) is 6.49. The highest BCUT2D eigenvalue weighted by molar-refractivity contribution is 5.66. The molecule has 45 heavy (non-hydrogen) atoms. The van der Waals surface area contributed by atoms with Gasteiger partial charge in [-0.2, -0.15) is 5.10 Å². The van der Waals surface area contributed by atoms with Crippen LogP contribution in [-0.2, 0) is 38.7 Å². The molecule has 9 nitrogen and oxygen atoms in total. The van der Waals surface area contributed by atoms with Gasteiger partial charge >= 0.3 is 6.09 Å². The first-order valence-electron chi connectivity index (χ1n) is 16.2.